The maximum absolute atomic E-state index is 11.6. The number of aliphatic hydroxyl groups excluding tert-OH is 1. The number of carbonyl (C=O) groups is 1. The molecule has 0 aliphatic heterocycles. The number of hydrogen-bond acceptors (Lipinski definition) is 5. The second-order valence-electron chi connectivity index (χ2n) is 4.77. The first-order chi connectivity index (χ1) is 8.56. The van der Waals surface area contributed by atoms with E-state index in [0.29, 0.717) is 0 Å². The summed E-state index contributed by atoms with van der Waals surface area (Å²) < 4.78 is 0. The van der Waals surface area contributed by atoms with E-state index in [1.54, 1.807) is 0 Å². The average molecular weight is 256 g/mol. The lowest BCUT2D eigenvalue weighted by Crippen LogP contribution is -2.42. The largest absolute Gasteiger partial charge is 0.387 e. The maximum atomic E-state index is 11.6. The third-order valence-electron chi connectivity index (χ3n) is 3.28. The fourth-order valence-corrected chi connectivity index (χ4v) is 2.18. The Kier molecular flexibility index (Phi) is 6.07. The van der Waals surface area contributed by atoms with E-state index < -0.39 is 12.0 Å². The summed E-state index contributed by atoms with van der Waals surface area (Å²) in [6, 6.07) is 0.158. The summed E-state index contributed by atoms with van der Waals surface area (Å²) in [5.74, 6) is 5.51. The molecule has 0 aromatic heterocycles. The molecule has 6 nitrogen and oxygen atoms in total. The van der Waals surface area contributed by atoms with Gasteiger partial charge in [0.1, 0.15) is 6.10 Å². The van der Waals surface area contributed by atoms with Crippen LogP contribution in [0.5, 0.6) is 0 Å². The Bertz CT molecular complexity index is 296. The maximum Gasteiger partial charge on any atom is 0.270 e. The Labute approximate surface area is 108 Å². The zero-order valence-corrected chi connectivity index (χ0v) is 11.2. The van der Waals surface area contributed by atoms with Crippen LogP contribution in [0.2, 0.25) is 0 Å². The summed E-state index contributed by atoms with van der Waals surface area (Å²) in [4.78, 5) is 11.6. The van der Waals surface area contributed by atoms with Gasteiger partial charge in [-0.2, -0.15) is 5.10 Å². The predicted molar refractivity (Wildman–Crippen MR) is 70.7 cm³/mol. The van der Waals surface area contributed by atoms with Crippen LogP contribution in [0.3, 0.4) is 0 Å². The molecule has 1 rings (SSSR count). The van der Waals surface area contributed by atoms with Crippen molar-refractivity contribution in [1.82, 2.24) is 10.4 Å². The Morgan fingerprint density at radius 3 is 2.39 bits per heavy atom. The quantitative estimate of drug-likeness (QED) is 0.293. The van der Waals surface area contributed by atoms with Crippen molar-refractivity contribution < 1.29 is 9.90 Å². The van der Waals surface area contributed by atoms with Gasteiger partial charge in [0.15, 0.2) is 5.71 Å². The lowest BCUT2D eigenvalue weighted by molar-refractivity contribution is -0.114. The van der Waals surface area contributed by atoms with Crippen molar-refractivity contribution in [2.24, 2.45) is 10.9 Å². The van der Waals surface area contributed by atoms with E-state index in [-0.39, 0.29) is 11.8 Å². The van der Waals surface area contributed by atoms with E-state index in [4.69, 9.17) is 5.84 Å². The second-order valence-corrected chi connectivity index (χ2v) is 4.77. The Morgan fingerprint density at radius 2 is 1.94 bits per heavy atom. The Hall–Kier alpha value is -1.14. The van der Waals surface area contributed by atoms with Crippen molar-refractivity contribution in [3.05, 3.63) is 0 Å². The molecule has 1 amide bonds. The Balaban J connectivity index is 2.73. The van der Waals surface area contributed by atoms with E-state index in [1.807, 2.05) is 0 Å². The predicted octanol–water partition coefficient (Wildman–Crippen LogP) is 0.368. The fraction of sp³-hybridized carbons (Fsp3) is 0.833. The van der Waals surface area contributed by atoms with Gasteiger partial charge in [-0.15, -0.1) is 0 Å². The standard InChI is InChI=1S/C12H24N4O2/c1-9(17)11(12(18)14-2)15-16(13)10-7-5-3-4-6-8-10/h9-10,17H,3-8,13H2,1-2H3,(H,14,18)/b15-11+. The number of hydrogen-bond donors (Lipinski definition) is 3. The van der Waals surface area contributed by atoms with Crippen molar-refractivity contribution in [1.29, 1.82) is 0 Å². The normalized spacial score (nSPS) is 20.1. The van der Waals surface area contributed by atoms with E-state index in [2.05, 4.69) is 10.4 Å². The molecule has 1 unspecified atom stereocenters. The topological polar surface area (TPSA) is 91.0 Å². The lowest BCUT2D eigenvalue weighted by Gasteiger charge is -2.24. The van der Waals surface area contributed by atoms with Gasteiger partial charge in [0.05, 0.1) is 6.04 Å². The number of nitrogens with one attached hydrogen (secondary N) is 1. The second kappa shape index (κ2) is 7.33. The van der Waals surface area contributed by atoms with Gasteiger partial charge in [0.25, 0.3) is 5.91 Å². The fourth-order valence-electron chi connectivity index (χ4n) is 2.18. The summed E-state index contributed by atoms with van der Waals surface area (Å²) in [5, 5.41) is 17.4. The first-order valence-corrected chi connectivity index (χ1v) is 6.58. The number of hydrazone groups is 1. The SMILES string of the molecule is CNC(=O)/C(=N/N(N)C1CCCCCC1)C(C)O. The van der Waals surface area contributed by atoms with Gasteiger partial charge >= 0.3 is 0 Å². The van der Waals surface area contributed by atoms with Gasteiger partial charge in [0.2, 0.25) is 0 Å². The molecule has 0 aromatic rings. The highest BCUT2D eigenvalue weighted by Crippen LogP contribution is 2.20. The van der Waals surface area contributed by atoms with E-state index in [9.17, 15) is 9.90 Å². The molecule has 0 aromatic carbocycles. The van der Waals surface area contributed by atoms with E-state index in [0.717, 1.165) is 25.7 Å². The molecule has 1 atom stereocenters. The molecular formula is C12H24N4O2. The van der Waals surface area contributed by atoms with Crippen LogP contribution in [-0.2, 0) is 4.79 Å². The molecule has 18 heavy (non-hydrogen) atoms. The number of hydrazine groups is 1. The van der Waals surface area contributed by atoms with Gasteiger partial charge in [-0.3, -0.25) is 4.79 Å². The minimum atomic E-state index is -0.929. The van der Waals surface area contributed by atoms with Crippen molar-refractivity contribution in [3.8, 4) is 0 Å². The first-order valence-electron chi connectivity index (χ1n) is 6.58. The molecule has 6 heteroatoms. The zero-order chi connectivity index (χ0) is 13.5. The van der Waals surface area contributed by atoms with Crippen molar-refractivity contribution in [3.63, 3.8) is 0 Å². The summed E-state index contributed by atoms with van der Waals surface area (Å²) in [7, 11) is 1.51. The average Bonchev–Trinajstić information content (AvgIpc) is 2.63. The molecule has 1 saturated carbocycles. The summed E-state index contributed by atoms with van der Waals surface area (Å²) in [6.07, 6.45) is 5.78. The number of nitrogens with two attached hydrogens (primary N) is 1. The molecule has 4 N–H and O–H groups in total. The molecule has 1 fully saturated rings. The number of amides is 1. The number of carbonyl (C=O) groups excluding carboxylic acids is 1. The third kappa shape index (κ3) is 4.27. The molecule has 0 bridgehead atoms. The molecule has 0 spiro atoms. The smallest absolute Gasteiger partial charge is 0.270 e. The number of nitrogens with zero attached hydrogens (tertiary/aromatic N) is 2. The monoisotopic (exact) mass is 256 g/mol. The van der Waals surface area contributed by atoms with Crippen molar-refractivity contribution in [2.45, 2.75) is 57.6 Å². The minimum absolute atomic E-state index is 0.0595. The van der Waals surface area contributed by atoms with Gasteiger partial charge in [-0.05, 0) is 19.8 Å². The van der Waals surface area contributed by atoms with E-state index >= 15 is 0 Å². The van der Waals surface area contributed by atoms with Gasteiger partial charge in [-0.25, -0.2) is 11.0 Å². The van der Waals surface area contributed by atoms with Crippen LogP contribution >= 0.6 is 0 Å². The third-order valence-corrected chi connectivity index (χ3v) is 3.28. The Morgan fingerprint density at radius 1 is 1.39 bits per heavy atom. The van der Waals surface area contributed by atoms with Crippen LogP contribution < -0.4 is 11.2 Å². The molecule has 1 aliphatic rings. The van der Waals surface area contributed by atoms with Crippen LogP contribution in [0.4, 0.5) is 0 Å². The van der Waals surface area contributed by atoms with Crippen molar-refractivity contribution in [2.75, 3.05) is 7.05 Å². The molecule has 0 heterocycles. The van der Waals surface area contributed by atoms with Gasteiger partial charge in [0, 0.05) is 7.05 Å². The summed E-state index contributed by atoms with van der Waals surface area (Å²) in [6.45, 7) is 1.51. The first kappa shape index (κ1) is 14.9. The highest BCUT2D eigenvalue weighted by Gasteiger charge is 2.21. The van der Waals surface area contributed by atoms with Crippen molar-refractivity contribution >= 4 is 11.6 Å². The minimum Gasteiger partial charge on any atom is -0.387 e. The number of aliphatic hydroxyl groups is 1. The molecule has 1 aliphatic carbocycles. The molecular weight excluding hydrogens is 232 g/mol. The van der Waals surface area contributed by atoms with Gasteiger partial charge in [-0.1, -0.05) is 25.7 Å². The van der Waals surface area contributed by atoms with Crippen LogP contribution in [0.25, 0.3) is 0 Å². The molecule has 0 saturated heterocycles. The summed E-state index contributed by atoms with van der Waals surface area (Å²) in [5.41, 5.74) is 0.0595. The lowest BCUT2D eigenvalue weighted by atomic mass is 10.1. The highest BCUT2D eigenvalue weighted by molar-refractivity contribution is 6.40. The molecule has 0 radical (unpaired) electrons. The number of rotatable bonds is 4. The highest BCUT2D eigenvalue weighted by atomic mass is 16.3. The van der Waals surface area contributed by atoms with Crippen LogP contribution in [-0.4, -0.2) is 41.0 Å². The summed E-state index contributed by atoms with van der Waals surface area (Å²) >= 11 is 0. The van der Waals surface area contributed by atoms with E-state index in [1.165, 1.54) is 31.9 Å². The molecule has 104 valence electrons. The van der Waals surface area contributed by atoms with Crippen LogP contribution in [0, 0.1) is 0 Å². The van der Waals surface area contributed by atoms with Gasteiger partial charge < -0.3 is 10.4 Å². The zero-order valence-electron chi connectivity index (χ0n) is 11.2. The van der Waals surface area contributed by atoms with Crippen LogP contribution in [0.1, 0.15) is 45.4 Å². The van der Waals surface area contributed by atoms with Crippen LogP contribution in [0.15, 0.2) is 5.10 Å².